The molecule has 1 aromatic carbocycles. The minimum absolute atomic E-state index is 0.0301. The van der Waals surface area contributed by atoms with E-state index in [-0.39, 0.29) is 17.1 Å². The van der Waals surface area contributed by atoms with Gasteiger partial charge in [-0.15, -0.1) is 0 Å². The van der Waals surface area contributed by atoms with Crippen LogP contribution in [0, 0.1) is 12.3 Å². The molecule has 1 aromatic heterocycles. The fourth-order valence-corrected chi connectivity index (χ4v) is 4.13. The van der Waals surface area contributed by atoms with E-state index in [0.717, 1.165) is 35.3 Å². The molecule has 0 unspecified atom stereocenters. The number of para-hydroxylation sites is 1. The number of nitrogens with zero attached hydrogens (tertiary/aromatic N) is 1. The quantitative estimate of drug-likeness (QED) is 0.871. The van der Waals surface area contributed by atoms with Gasteiger partial charge in [-0.25, -0.2) is 0 Å². The third-order valence-electron chi connectivity index (χ3n) is 5.25. The van der Waals surface area contributed by atoms with Crippen molar-refractivity contribution in [1.82, 2.24) is 4.98 Å². The summed E-state index contributed by atoms with van der Waals surface area (Å²) in [6.45, 7) is 6.78. The topological polar surface area (TPSA) is 53.2 Å². The highest BCUT2D eigenvalue weighted by Crippen LogP contribution is 2.37. The van der Waals surface area contributed by atoms with Crippen LogP contribution in [0.3, 0.4) is 0 Å². The second-order valence-electron chi connectivity index (χ2n) is 7.75. The fraction of sp³-hybridized carbons (Fsp3) is 0.400. The van der Waals surface area contributed by atoms with Crippen LogP contribution in [0.4, 0.5) is 5.69 Å². The predicted octanol–water partition coefficient (Wildman–Crippen LogP) is 3.68. The predicted molar refractivity (Wildman–Crippen MR) is 93.8 cm³/mol. The van der Waals surface area contributed by atoms with Crippen molar-refractivity contribution in [3.8, 4) is 0 Å². The van der Waals surface area contributed by atoms with Crippen LogP contribution in [0.25, 0.3) is 0 Å². The van der Waals surface area contributed by atoms with Crippen molar-refractivity contribution < 1.29 is 9.59 Å². The zero-order valence-electron chi connectivity index (χ0n) is 14.4. The van der Waals surface area contributed by atoms with Crippen LogP contribution >= 0.6 is 0 Å². The monoisotopic (exact) mass is 322 g/mol. The van der Waals surface area contributed by atoms with Gasteiger partial charge in [-0.1, -0.05) is 32.0 Å². The van der Waals surface area contributed by atoms with Crippen LogP contribution in [-0.2, 0) is 12.8 Å². The normalized spacial score (nSPS) is 18.5. The Labute approximate surface area is 141 Å². The number of carbonyl (C=O) groups excluding carboxylic acids is 2. The van der Waals surface area contributed by atoms with Gasteiger partial charge in [0.2, 0.25) is 0 Å². The van der Waals surface area contributed by atoms with Crippen molar-refractivity contribution in [3.63, 3.8) is 0 Å². The summed E-state index contributed by atoms with van der Waals surface area (Å²) >= 11 is 0. The molecule has 1 aliphatic carbocycles. The Hall–Kier alpha value is -2.36. The highest BCUT2D eigenvalue weighted by molar-refractivity contribution is 6.10. The number of H-pyrrole nitrogens is 1. The van der Waals surface area contributed by atoms with Crippen LogP contribution in [0.2, 0.25) is 0 Å². The zero-order chi connectivity index (χ0) is 17.1. The fourth-order valence-electron chi connectivity index (χ4n) is 4.13. The maximum absolute atomic E-state index is 13.1. The van der Waals surface area contributed by atoms with E-state index < -0.39 is 0 Å². The Morgan fingerprint density at radius 3 is 2.75 bits per heavy atom. The van der Waals surface area contributed by atoms with E-state index in [1.54, 1.807) is 0 Å². The van der Waals surface area contributed by atoms with E-state index in [9.17, 15) is 9.59 Å². The molecule has 1 N–H and O–H groups in total. The SMILES string of the molecule is Cc1c(C(=O)N2CCc3ccccc32)[nH]c2c1C(=O)CC(C)(C)C2. The summed E-state index contributed by atoms with van der Waals surface area (Å²) in [6.07, 6.45) is 2.23. The van der Waals surface area contributed by atoms with Crippen LogP contribution < -0.4 is 4.90 Å². The number of Topliss-reactive ketones (excluding diaryl/α,β-unsaturated/α-hetero) is 1. The molecule has 4 heteroatoms. The smallest absolute Gasteiger partial charge is 0.275 e. The lowest BCUT2D eigenvalue weighted by atomic mass is 9.75. The van der Waals surface area contributed by atoms with Crippen LogP contribution in [-0.4, -0.2) is 23.2 Å². The zero-order valence-corrected chi connectivity index (χ0v) is 14.4. The van der Waals surface area contributed by atoms with E-state index >= 15 is 0 Å². The highest BCUT2D eigenvalue weighted by atomic mass is 16.2. The number of carbonyl (C=O) groups is 2. The molecule has 0 atom stereocenters. The van der Waals surface area contributed by atoms with Crippen molar-refractivity contribution in [2.24, 2.45) is 5.41 Å². The number of fused-ring (bicyclic) bond motifs is 2. The van der Waals surface area contributed by atoms with Gasteiger partial charge in [-0.3, -0.25) is 9.59 Å². The molecule has 24 heavy (non-hydrogen) atoms. The molecular weight excluding hydrogens is 300 g/mol. The van der Waals surface area contributed by atoms with Gasteiger partial charge in [0, 0.05) is 29.9 Å². The summed E-state index contributed by atoms with van der Waals surface area (Å²) in [5, 5.41) is 0. The first-order valence-electron chi connectivity index (χ1n) is 8.52. The van der Waals surface area contributed by atoms with Crippen molar-refractivity contribution in [3.05, 3.63) is 52.3 Å². The van der Waals surface area contributed by atoms with Crippen LogP contribution in [0.1, 0.15) is 57.9 Å². The number of anilines is 1. The molecule has 1 amide bonds. The molecule has 2 heterocycles. The minimum Gasteiger partial charge on any atom is -0.354 e. The lowest BCUT2D eigenvalue weighted by Crippen LogP contribution is -2.29. The number of aromatic nitrogens is 1. The standard InChI is InChI=1S/C20H22N2O2/c1-12-17-14(10-20(2,3)11-16(17)23)21-18(12)19(24)22-9-8-13-6-4-5-7-15(13)22/h4-7,21H,8-11H2,1-3H3. The molecule has 0 radical (unpaired) electrons. The van der Waals surface area contributed by atoms with Crippen LogP contribution in [0.5, 0.6) is 0 Å². The Balaban J connectivity index is 1.74. The van der Waals surface area contributed by atoms with Crippen LogP contribution in [0.15, 0.2) is 24.3 Å². The molecule has 0 bridgehead atoms. The average molecular weight is 322 g/mol. The largest absolute Gasteiger partial charge is 0.354 e. The Kier molecular flexibility index (Phi) is 3.21. The lowest BCUT2D eigenvalue weighted by Gasteiger charge is -2.28. The number of benzene rings is 1. The van der Waals surface area contributed by atoms with E-state index in [2.05, 4.69) is 24.9 Å². The number of ketones is 1. The number of hydrogen-bond donors (Lipinski definition) is 1. The Morgan fingerprint density at radius 1 is 1.21 bits per heavy atom. The Morgan fingerprint density at radius 2 is 1.96 bits per heavy atom. The van der Waals surface area contributed by atoms with E-state index in [0.29, 0.717) is 18.7 Å². The summed E-state index contributed by atoms with van der Waals surface area (Å²) < 4.78 is 0. The van der Waals surface area contributed by atoms with E-state index in [1.807, 2.05) is 30.0 Å². The van der Waals surface area contributed by atoms with Gasteiger partial charge >= 0.3 is 0 Å². The van der Waals surface area contributed by atoms with Gasteiger partial charge in [0.25, 0.3) is 5.91 Å². The minimum atomic E-state index is -0.0536. The molecular formula is C20H22N2O2. The van der Waals surface area contributed by atoms with Gasteiger partial charge in [-0.05, 0) is 42.4 Å². The summed E-state index contributed by atoms with van der Waals surface area (Å²) in [6, 6.07) is 8.03. The van der Waals surface area contributed by atoms with E-state index in [4.69, 9.17) is 0 Å². The highest BCUT2D eigenvalue weighted by Gasteiger charge is 2.36. The maximum atomic E-state index is 13.1. The number of amides is 1. The number of nitrogens with one attached hydrogen (secondary N) is 1. The average Bonchev–Trinajstić information content (AvgIpc) is 3.07. The van der Waals surface area contributed by atoms with Gasteiger partial charge in [0.1, 0.15) is 5.69 Å². The van der Waals surface area contributed by atoms with Crippen molar-refractivity contribution >= 4 is 17.4 Å². The summed E-state index contributed by atoms with van der Waals surface area (Å²) in [5.74, 6) is 0.119. The number of hydrogen-bond acceptors (Lipinski definition) is 2. The molecule has 2 aliphatic rings. The first-order valence-corrected chi connectivity index (χ1v) is 8.52. The van der Waals surface area contributed by atoms with Gasteiger partial charge in [0.05, 0.1) is 0 Å². The van der Waals surface area contributed by atoms with Crippen molar-refractivity contribution in [1.29, 1.82) is 0 Å². The Bertz CT molecular complexity index is 861. The molecule has 4 nitrogen and oxygen atoms in total. The third-order valence-corrected chi connectivity index (χ3v) is 5.25. The number of rotatable bonds is 1. The maximum Gasteiger partial charge on any atom is 0.275 e. The second kappa shape index (κ2) is 5.07. The molecule has 1 aliphatic heterocycles. The molecule has 0 saturated heterocycles. The summed E-state index contributed by atoms with van der Waals surface area (Å²) in [7, 11) is 0. The molecule has 0 fully saturated rings. The first-order chi connectivity index (χ1) is 11.4. The van der Waals surface area contributed by atoms with E-state index in [1.165, 1.54) is 5.56 Å². The molecule has 4 rings (SSSR count). The van der Waals surface area contributed by atoms with Crippen molar-refractivity contribution in [2.45, 2.75) is 40.0 Å². The molecule has 0 saturated carbocycles. The summed E-state index contributed by atoms with van der Waals surface area (Å²) in [5.41, 5.74) is 5.18. The number of aromatic amines is 1. The summed E-state index contributed by atoms with van der Waals surface area (Å²) in [4.78, 5) is 30.7. The first kappa shape index (κ1) is 15.2. The second-order valence-corrected chi connectivity index (χ2v) is 7.75. The molecule has 124 valence electrons. The van der Waals surface area contributed by atoms with Crippen molar-refractivity contribution in [2.75, 3.05) is 11.4 Å². The molecule has 0 spiro atoms. The lowest BCUT2D eigenvalue weighted by molar-refractivity contribution is 0.0910. The van der Waals surface area contributed by atoms with Gasteiger partial charge < -0.3 is 9.88 Å². The van der Waals surface area contributed by atoms with Gasteiger partial charge in [-0.2, -0.15) is 0 Å². The molecule has 2 aromatic rings. The third kappa shape index (κ3) is 2.20. The van der Waals surface area contributed by atoms with Gasteiger partial charge in [0.15, 0.2) is 5.78 Å².